The molecule has 2 saturated carbocycles. The fourth-order valence-corrected chi connectivity index (χ4v) is 5.51. The van der Waals surface area contributed by atoms with Crippen LogP contribution >= 0.6 is 0 Å². The zero-order valence-corrected chi connectivity index (χ0v) is 15.7. The first-order valence-corrected chi connectivity index (χ1v) is 9.13. The van der Waals surface area contributed by atoms with Gasteiger partial charge in [-0.25, -0.2) is 4.79 Å². The third-order valence-electron chi connectivity index (χ3n) is 6.71. The molecule has 3 atom stereocenters. The van der Waals surface area contributed by atoms with Crippen molar-refractivity contribution in [1.29, 1.82) is 0 Å². The van der Waals surface area contributed by atoms with Crippen LogP contribution in [0.5, 0.6) is 0 Å². The number of carbonyl (C=O) groups excluding carboxylic acids is 1. The van der Waals surface area contributed by atoms with E-state index in [4.69, 9.17) is 4.74 Å². The van der Waals surface area contributed by atoms with Gasteiger partial charge in [0.1, 0.15) is 0 Å². The van der Waals surface area contributed by atoms with Gasteiger partial charge in [-0.1, -0.05) is 44.9 Å². The summed E-state index contributed by atoms with van der Waals surface area (Å²) in [4.78, 5) is 11.4. The maximum atomic E-state index is 11.4. The van der Waals surface area contributed by atoms with E-state index in [1.165, 1.54) is 44.8 Å². The smallest absolute Gasteiger partial charge is 0.330 e. The quantitative estimate of drug-likeness (QED) is 0.378. The average molecular weight is 319 g/mol. The third kappa shape index (κ3) is 3.72. The summed E-state index contributed by atoms with van der Waals surface area (Å²) in [6.45, 7) is 13.9. The SMILES string of the molecule is C=C1CCC2C(C)(C)CCCC2(C)C1CC/C(C)=C/C(=O)OC. The maximum absolute atomic E-state index is 11.4. The van der Waals surface area contributed by atoms with Gasteiger partial charge in [0.2, 0.25) is 0 Å². The fraction of sp³-hybridized carbons (Fsp3) is 0.762. The van der Waals surface area contributed by atoms with Crippen molar-refractivity contribution < 1.29 is 9.53 Å². The largest absolute Gasteiger partial charge is 0.466 e. The lowest BCUT2D eigenvalue weighted by molar-refractivity contribution is -0.134. The second kappa shape index (κ2) is 6.83. The van der Waals surface area contributed by atoms with Gasteiger partial charge in [-0.15, -0.1) is 0 Å². The summed E-state index contributed by atoms with van der Waals surface area (Å²) in [7, 11) is 1.44. The molecular weight excluding hydrogens is 284 g/mol. The summed E-state index contributed by atoms with van der Waals surface area (Å²) in [6, 6.07) is 0. The molecule has 2 rings (SSSR count). The lowest BCUT2D eigenvalue weighted by atomic mass is 9.47. The number of rotatable bonds is 4. The molecule has 0 heterocycles. The van der Waals surface area contributed by atoms with Crippen molar-refractivity contribution in [3.05, 3.63) is 23.8 Å². The Morgan fingerprint density at radius 1 is 1.35 bits per heavy atom. The van der Waals surface area contributed by atoms with Gasteiger partial charge in [0.05, 0.1) is 7.11 Å². The Morgan fingerprint density at radius 2 is 2.04 bits per heavy atom. The van der Waals surface area contributed by atoms with E-state index < -0.39 is 0 Å². The molecule has 0 bridgehead atoms. The van der Waals surface area contributed by atoms with Crippen LogP contribution in [0.25, 0.3) is 0 Å². The van der Waals surface area contributed by atoms with Crippen LogP contribution < -0.4 is 0 Å². The number of methoxy groups -OCH3 is 1. The van der Waals surface area contributed by atoms with E-state index in [1.54, 1.807) is 6.08 Å². The Morgan fingerprint density at radius 3 is 2.70 bits per heavy atom. The van der Waals surface area contributed by atoms with E-state index in [0.29, 0.717) is 16.7 Å². The van der Waals surface area contributed by atoms with E-state index in [2.05, 4.69) is 27.4 Å². The second-order valence-corrected chi connectivity index (χ2v) is 8.70. The molecule has 0 aromatic heterocycles. The van der Waals surface area contributed by atoms with E-state index >= 15 is 0 Å². The molecule has 0 N–H and O–H groups in total. The lowest BCUT2D eigenvalue weighted by Gasteiger charge is -2.58. The molecule has 0 radical (unpaired) electrons. The first-order valence-electron chi connectivity index (χ1n) is 9.13. The number of hydrogen-bond donors (Lipinski definition) is 0. The molecule has 2 fully saturated rings. The molecule has 23 heavy (non-hydrogen) atoms. The van der Waals surface area contributed by atoms with Crippen molar-refractivity contribution in [2.45, 2.75) is 72.6 Å². The molecule has 130 valence electrons. The summed E-state index contributed by atoms with van der Waals surface area (Å²) in [6.07, 6.45) is 10.2. The van der Waals surface area contributed by atoms with E-state index in [9.17, 15) is 4.79 Å². The van der Waals surface area contributed by atoms with Gasteiger partial charge in [-0.3, -0.25) is 0 Å². The molecule has 0 spiro atoms. The summed E-state index contributed by atoms with van der Waals surface area (Å²) in [5, 5.41) is 0. The standard InChI is InChI=1S/C21H34O2/c1-15(14-19(22)23-6)8-10-17-16(2)9-11-18-20(3,4)12-7-13-21(17,18)5/h14,17-18H,2,7-13H2,1,3-6H3/b15-14+. The molecule has 2 aliphatic rings. The van der Waals surface area contributed by atoms with Crippen molar-refractivity contribution in [3.8, 4) is 0 Å². The highest BCUT2D eigenvalue weighted by molar-refractivity contribution is 5.82. The zero-order chi connectivity index (χ0) is 17.3. The highest BCUT2D eigenvalue weighted by atomic mass is 16.5. The van der Waals surface area contributed by atoms with Gasteiger partial charge in [0.15, 0.2) is 0 Å². The van der Waals surface area contributed by atoms with Crippen molar-refractivity contribution in [2.24, 2.45) is 22.7 Å². The van der Waals surface area contributed by atoms with Crippen LogP contribution in [-0.4, -0.2) is 13.1 Å². The summed E-state index contributed by atoms with van der Waals surface area (Å²) >= 11 is 0. The number of ether oxygens (including phenoxy) is 1. The first kappa shape index (κ1) is 18.3. The lowest BCUT2D eigenvalue weighted by Crippen LogP contribution is -2.49. The van der Waals surface area contributed by atoms with Crippen LogP contribution in [-0.2, 0) is 9.53 Å². The predicted octanol–water partition coefficient (Wildman–Crippen LogP) is 5.68. The van der Waals surface area contributed by atoms with Crippen LogP contribution in [0.3, 0.4) is 0 Å². The Balaban J connectivity index is 2.14. The monoisotopic (exact) mass is 318 g/mol. The van der Waals surface area contributed by atoms with Crippen molar-refractivity contribution >= 4 is 5.97 Å². The molecule has 3 unspecified atom stereocenters. The minimum atomic E-state index is -0.243. The van der Waals surface area contributed by atoms with E-state index in [-0.39, 0.29) is 5.97 Å². The molecular formula is C21H34O2. The highest BCUT2D eigenvalue weighted by Crippen LogP contribution is 2.61. The normalized spacial score (nSPS) is 34.0. The molecule has 0 aromatic rings. The molecule has 2 heteroatoms. The Hall–Kier alpha value is -1.05. The maximum Gasteiger partial charge on any atom is 0.330 e. The highest BCUT2D eigenvalue weighted by Gasteiger charge is 2.52. The Bertz CT molecular complexity index is 500. The van der Waals surface area contributed by atoms with Crippen LogP contribution in [0.15, 0.2) is 23.8 Å². The topological polar surface area (TPSA) is 26.3 Å². The van der Waals surface area contributed by atoms with Crippen molar-refractivity contribution in [1.82, 2.24) is 0 Å². The summed E-state index contributed by atoms with van der Waals surface area (Å²) < 4.78 is 4.73. The van der Waals surface area contributed by atoms with Crippen LogP contribution in [0.4, 0.5) is 0 Å². The predicted molar refractivity (Wildman–Crippen MR) is 96.1 cm³/mol. The van der Waals surface area contributed by atoms with Crippen LogP contribution in [0, 0.1) is 22.7 Å². The van der Waals surface area contributed by atoms with Gasteiger partial charge in [0, 0.05) is 6.08 Å². The molecule has 0 aromatic carbocycles. The fourth-order valence-electron chi connectivity index (χ4n) is 5.51. The number of fused-ring (bicyclic) bond motifs is 1. The minimum Gasteiger partial charge on any atom is -0.466 e. The summed E-state index contributed by atoms with van der Waals surface area (Å²) in [5.74, 6) is 1.14. The second-order valence-electron chi connectivity index (χ2n) is 8.70. The zero-order valence-electron chi connectivity index (χ0n) is 15.7. The average Bonchev–Trinajstić information content (AvgIpc) is 2.45. The Kier molecular flexibility index (Phi) is 5.43. The third-order valence-corrected chi connectivity index (χ3v) is 6.71. The number of hydrogen-bond acceptors (Lipinski definition) is 2. The first-order chi connectivity index (χ1) is 10.7. The van der Waals surface area contributed by atoms with Gasteiger partial charge < -0.3 is 4.74 Å². The molecule has 0 saturated heterocycles. The van der Waals surface area contributed by atoms with Gasteiger partial charge >= 0.3 is 5.97 Å². The Labute approximate surface area is 142 Å². The molecule has 0 amide bonds. The number of allylic oxidation sites excluding steroid dienone is 2. The summed E-state index contributed by atoms with van der Waals surface area (Å²) in [5.41, 5.74) is 3.38. The van der Waals surface area contributed by atoms with E-state index in [0.717, 1.165) is 24.3 Å². The van der Waals surface area contributed by atoms with E-state index in [1.807, 2.05) is 6.92 Å². The number of carbonyl (C=O) groups is 1. The van der Waals surface area contributed by atoms with Crippen molar-refractivity contribution in [3.63, 3.8) is 0 Å². The van der Waals surface area contributed by atoms with Gasteiger partial charge in [-0.05, 0) is 68.1 Å². The molecule has 0 aliphatic heterocycles. The minimum absolute atomic E-state index is 0.243. The number of esters is 1. The van der Waals surface area contributed by atoms with Gasteiger partial charge in [0.25, 0.3) is 0 Å². The van der Waals surface area contributed by atoms with Gasteiger partial charge in [-0.2, -0.15) is 0 Å². The molecule has 2 nitrogen and oxygen atoms in total. The molecule has 2 aliphatic carbocycles. The van der Waals surface area contributed by atoms with Crippen LogP contribution in [0.1, 0.15) is 72.6 Å². The van der Waals surface area contributed by atoms with Crippen LogP contribution in [0.2, 0.25) is 0 Å². The van der Waals surface area contributed by atoms with Crippen molar-refractivity contribution in [2.75, 3.05) is 7.11 Å².